The summed E-state index contributed by atoms with van der Waals surface area (Å²) in [4.78, 5) is 23.8. The fourth-order valence-electron chi connectivity index (χ4n) is 1.93. The van der Waals surface area contributed by atoms with Gasteiger partial charge in [-0.2, -0.15) is 0 Å². The molecule has 22 heavy (non-hydrogen) atoms. The summed E-state index contributed by atoms with van der Waals surface area (Å²) >= 11 is 0. The number of nitro groups is 1. The van der Waals surface area contributed by atoms with Crippen LogP contribution >= 0.6 is 0 Å². The van der Waals surface area contributed by atoms with E-state index in [1.807, 2.05) is 49.2 Å². The second kappa shape index (κ2) is 6.75. The molecule has 2 rings (SSSR count). The molecule has 1 N–H and O–H groups in total. The Balaban J connectivity index is 1.91. The minimum atomic E-state index is -0.678. The number of rotatable bonds is 6. The molecule has 7 nitrogen and oxygen atoms in total. The molecule has 1 aromatic heterocycles. The van der Waals surface area contributed by atoms with Crippen LogP contribution in [0.25, 0.3) is 0 Å². The molecule has 1 amide bonds. The molecule has 116 valence electrons. The van der Waals surface area contributed by atoms with E-state index in [0.29, 0.717) is 6.54 Å². The molecule has 1 atom stereocenters. The van der Waals surface area contributed by atoms with Crippen LogP contribution in [-0.2, 0) is 0 Å². The predicted molar refractivity (Wildman–Crippen MR) is 82.0 cm³/mol. The maximum absolute atomic E-state index is 11.9. The zero-order valence-corrected chi connectivity index (χ0v) is 12.4. The fourth-order valence-corrected chi connectivity index (χ4v) is 1.93. The number of hydrogen-bond donors (Lipinski definition) is 1. The van der Waals surface area contributed by atoms with Crippen molar-refractivity contribution in [1.29, 1.82) is 0 Å². The highest BCUT2D eigenvalue weighted by atomic mass is 16.6. The van der Waals surface area contributed by atoms with E-state index in [-0.39, 0.29) is 11.8 Å². The van der Waals surface area contributed by atoms with Crippen LogP contribution in [0.5, 0.6) is 0 Å². The Morgan fingerprint density at radius 1 is 1.32 bits per heavy atom. The number of para-hydroxylation sites is 1. The molecular formula is C15H17N3O4. The van der Waals surface area contributed by atoms with Crippen molar-refractivity contribution in [2.75, 3.05) is 18.5 Å². The third kappa shape index (κ3) is 3.63. The molecule has 7 heteroatoms. The van der Waals surface area contributed by atoms with Gasteiger partial charge in [0.05, 0.1) is 6.07 Å². The van der Waals surface area contributed by atoms with Crippen LogP contribution in [0.4, 0.5) is 11.6 Å². The number of anilines is 1. The summed E-state index contributed by atoms with van der Waals surface area (Å²) in [5.74, 6) is -0.984. The summed E-state index contributed by atoms with van der Waals surface area (Å²) in [5.41, 5.74) is 1.04. The van der Waals surface area contributed by atoms with E-state index in [0.717, 1.165) is 11.8 Å². The van der Waals surface area contributed by atoms with Gasteiger partial charge in [0.15, 0.2) is 5.76 Å². The van der Waals surface area contributed by atoms with Crippen LogP contribution in [0.15, 0.2) is 46.9 Å². The number of hydrogen-bond acceptors (Lipinski definition) is 5. The molecular weight excluding hydrogens is 286 g/mol. The summed E-state index contributed by atoms with van der Waals surface area (Å²) in [6, 6.07) is 12.3. The number of carbonyl (C=O) groups is 1. The zero-order chi connectivity index (χ0) is 16.1. The van der Waals surface area contributed by atoms with Gasteiger partial charge in [-0.3, -0.25) is 14.9 Å². The van der Waals surface area contributed by atoms with Gasteiger partial charge < -0.3 is 14.6 Å². The summed E-state index contributed by atoms with van der Waals surface area (Å²) in [6.45, 7) is 2.36. The van der Waals surface area contributed by atoms with Gasteiger partial charge in [0.25, 0.3) is 5.91 Å². The van der Waals surface area contributed by atoms with Crippen LogP contribution in [-0.4, -0.2) is 30.5 Å². The summed E-state index contributed by atoms with van der Waals surface area (Å²) in [5, 5.41) is 13.2. The summed E-state index contributed by atoms with van der Waals surface area (Å²) in [7, 11) is 1.93. The first-order valence-corrected chi connectivity index (χ1v) is 6.79. The monoisotopic (exact) mass is 303 g/mol. The number of nitrogens with zero attached hydrogens (tertiary/aromatic N) is 2. The van der Waals surface area contributed by atoms with Crippen molar-refractivity contribution in [1.82, 2.24) is 5.32 Å². The standard InChI is InChI=1S/C15H17N3O4/c1-11(17(2)12-6-4-3-5-7-12)10-16-15(19)13-8-9-14(22-13)18(20)21/h3-9,11H,10H2,1-2H3,(H,16,19). The first-order valence-electron chi connectivity index (χ1n) is 6.79. The molecule has 0 aliphatic heterocycles. The van der Waals surface area contributed by atoms with Crippen molar-refractivity contribution in [3.8, 4) is 0 Å². The van der Waals surface area contributed by atoms with Crippen molar-refractivity contribution < 1.29 is 14.1 Å². The van der Waals surface area contributed by atoms with Gasteiger partial charge in [-0.05, 0) is 25.1 Å². The topological polar surface area (TPSA) is 88.6 Å². The number of likely N-dealkylation sites (N-methyl/N-ethyl adjacent to an activating group) is 1. The Morgan fingerprint density at radius 2 is 2.00 bits per heavy atom. The van der Waals surface area contributed by atoms with Crippen LogP contribution in [0.3, 0.4) is 0 Å². The van der Waals surface area contributed by atoms with Gasteiger partial charge >= 0.3 is 5.88 Å². The van der Waals surface area contributed by atoms with Crippen molar-refractivity contribution >= 4 is 17.5 Å². The molecule has 0 spiro atoms. The molecule has 0 aliphatic carbocycles. The fraction of sp³-hybridized carbons (Fsp3) is 0.267. The van der Waals surface area contributed by atoms with Gasteiger partial charge in [0.2, 0.25) is 0 Å². The van der Waals surface area contributed by atoms with E-state index in [2.05, 4.69) is 5.32 Å². The minimum absolute atomic E-state index is 0.0521. The van der Waals surface area contributed by atoms with E-state index in [4.69, 9.17) is 4.42 Å². The Bertz CT molecular complexity index is 654. The first kappa shape index (κ1) is 15.6. The average molecular weight is 303 g/mol. The highest BCUT2D eigenvalue weighted by Crippen LogP contribution is 2.16. The number of amides is 1. The van der Waals surface area contributed by atoms with Crippen molar-refractivity contribution in [2.45, 2.75) is 13.0 Å². The normalized spacial score (nSPS) is 11.7. The molecule has 0 fully saturated rings. The van der Waals surface area contributed by atoms with E-state index in [9.17, 15) is 14.9 Å². The molecule has 1 aromatic carbocycles. The Morgan fingerprint density at radius 3 is 2.59 bits per heavy atom. The van der Waals surface area contributed by atoms with Gasteiger partial charge in [-0.15, -0.1) is 0 Å². The Kier molecular flexibility index (Phi) is 4.77. The molecule has 0 radical (unpaired) electrons. The van der Waals surface area contributed by atoms with Crippen molar-refractivity contribution in [2.24, 2.45) is 0 Å². The van der Waals surface area contributed by atoms with Crippen molar-refractivity contribution in [3.05, 3.63) is 58.3 Å². The third-order valence-corrected chi connectivity index (χ3v) is 3.38. The van der Waals surface area contributed by atoms with E-state index in [1.165, 1.54) is 6.07 Å². The average Bonchev–Trinajstić information content (AvgIpc) is 3.02. The smallest absolute Gasteiger partial charge is 0.395 e. The van der Waals surface area contributed by atoms with Gasteiger partial charge in [0, 0.05) is 25.3 Å². The lowest BCUT2D eigenvalue weighted by Crippen LogP contribution is -2.40. The maximum Gasteiger partial charge on any atom is 0.433 e. The van der Waals surface area contributed by atoms with Crippen molar-refractivity contribution in [3.63, 3.8) is 0 Å². The Hall–Kier alpha value is -2.83. The number of benzene rings is 1. The van der Waals surface area contributed by atoms with Crippen LogP contribution in [0, 0.1) is 10.1 Å². The second-order valence-electron chi connectivity index (χ2n) is 4.90. The van der Waals surface area contributed by atoms with E-state index < -0.39 is 16.7 Å². The molecule has 1 heterocycles. The molecule has 0 saturated carbocycles. The number of carbonyl (C=O) groups excluding carboxylic acids is 1. The summed E-state index contributed by atoms with van der Waals surface area (Å²) in [6.07, 6.45) is 0. The predicted octanol–water partition coefficient (Wildman–Crippen LogP) is 2.44. The molecule has 1 unspecified atom stereocenters. The van der Waals surface area contributed by atoms with Crippen LogP contribution < -0.4 is 10.2 Å². The molecule has 0 aliphatic rings. The lowest BCUT2D eigenvalue weighted by molar-refractivity contribution is -0.402. The molecule has 2 aromatic rings. The van der Waals surface area contributed by atoms with Crippen LogP contribution in [0.2, 0.25) is 0 Å². The minimum Gasteiger partial charge on any atom is -0.395 e. The highest BCUT2D eigenvalue weighted by molar-refractivity contribution is 5.91. The molecule has 0 saturated heterocycles. The first-order chi connectivity index (χ1) is 10.5. The third-order valence-electron chi connectivity index (χ3n) is 3.38. The highest BCUT2D eigenvalue weighted by Gasteiger charge is 2.18. The molecule has 0 bridgehead atoms. The van der Waals surface area contributed by atoms with E-state index in [1.54, 1.807) is 0 Å². The second-order valence-corrected chi connectivity index (χ2v) is 4.90. The summed E-state index contributed by atoms with van der Waals surface area (Å²) < 4.78 is 4.86. The zero-order valence-electron chi connectivity index (χ0n) is 12.4. The van der Waals surface area contributed by atoms with Gasteiger partial charge in [-0.25, -0.2) is 0 Å². The van der Waals surface area contributed by atoms with Gasteiger partial charge in [-0.1, -0.05) is 18.2 Å². The van der Waals surface area contributed by atoms with Gasteiger partial charge in [0.1, 0.15) is 4.92 Å². The lowest BCUT2D eigenvalue weighted by Gasteiger charge is -2.27. The van der Waals surface area contributed by atoms with E-state index >= 15 is 0 Å². The number of nitrogens with one attached hydrogen (secondary N) is 1. The Labute approximate surface area is 127 Å². The quantitative estimate of drug-likeness (QED) is 0.654. The lowest BCUT2D eigenvalue weighted by atomic mass is 10.2. The van der Waals surface area contributed by atoms with Crippen LogP contribution in [0.1, 0.15) is 17.5 Å². The SMILES string of the molecule is CC(CNC(=O)c1ccc([N+](=O)[O-])o1)N(C)c1ccccc1. The number of furan rings is 1. The maximum atomic E-state index is 11.9. The largest absolute Gasteiger partial charge is 0.433 e.